The van der Waals surface area contributed by atoms with Crippen LogP contribution >= 0.6 is 0 Å². The lowest BCUT2D eigenvalue weighted by atomic mass is 9.94. The van der Waals surface area contributed by atoms with Crippen molar-refractivity contribution in [2.45, 2.75) is 33.2 Å². The van der Waals surface area contributed by atoms with Crippen LogP contribution in [0.1, 0.15) is 23.9 Å². The summed E-state index contributed by atoms with van der Waals surface area (Å²) in [5.41, 5.74) is 2.47. The Morgan fingerprint density at radius 3 is 2.76 bits per heavy atom. The molecule has 0 radical (unpaired) electrons. The predicted molar refractivity (Wildman–Crippen MR) is 77.6 cm³/mol. The molecule has 2 aromatic rings. The van der Waals surface area contributed by atoms with Crippen molar-refractivity contribution in [3.63, 3.8) is 0 Å². The smallest absolute Gasteiger partial charge is 0.307 e. The van der Waals surface area contributed by atoms with Gasteiger partial charge in [0.15, 0.2) is 0 Å². The molecule has 0 saturated heterocycles. The van der Waals surface area contributed by atoms with E-state index in [-0.39, 0.29) is 5.82 Å². The molecular weight excluding hydrogens is 271 g/mol. The molecule has 1 heterocycles. The molecule has 0 bridgehead atoms. The fourth-order valence-electron chi connectivity index (χ4n) is 2.48. The van der Waals surface area contributed by atoms with Crippen LogP contribution in [0.4, 0.5) is 4.39 Å². The summed E-state index contributed by atoms with van der Waals surface area (Å²) in [6.45, 7) is 4.56. The van der Waals surface area contributed by atoms with E-state index >= 15 is 0 Å². The van der Waals surface area contributed by atoms with Crippen LogP contribution in [0.3, 0.4) is 0 Å². The van der Waals surface area contributed by atoms with Crippen molar-refractivity contribution in [2.75, 3.05) is 0 Å². The van der Waals surface area contributed by atoms with Gasteiger partial charge in [-0.25, -0.2) is 4.39 Å². The molecule has 5 heteroatoms. The molecule has 0 spiro atoms. The Balaban J connectivity index is 2.17. The second-order valence-corrected chi connectivity index (χ2v) is 5.17. The van der Waals surface area contributed by atoms with Crippen molar-refractivity contribution >= 4 is 5.97 Å². The Hall–Kier alpha value is -2.17. The third kappa shape index (κ3) is 3.90. The molecule has 1 N–H and O–H groups in total. The lowest BCUT2D eigenvalue weighted by molar-refractivity contribution is -0.141. The summed E-state index contributed by atoms with van der Waals surface area (Å²) in [6, 6.07) is 8.00. The van der Waals surface area contributed by atoms with E-state index in [1.54, 1.807) is 12.1 Å². The summed E-state index contributed by atoms with van der Waals surface area (Å²) in [4.78, 5) is 11.5. The number of rotatable bonds is 6. The topological polar surface area (TPSA) is 55.1 Å². The average molecular weight is 290 g/mol. The van der Waals surface area contributed by atoms with Gasteiger partial charge in [0.25, 0.3) is 0 Å². The van der Waals surface area contributed by atoms with Crippen molar-refractivity contribution in [2.24, 2.45) is 5.92 Å². The second-order valence-electron chi connectivity index (χ2n) is 5.17. The van der Waals surface area contributed by atoms with E-state index in [4.69, 9.17) is 0 Å². The van der Waals surface area contributed by atoms with Gasteiger partial charge in [-0.15, -0.1) is 0 Å². The van der Waals surface area contributed by atoms with E-state index in [9.17, 15) is 14.3 Å². The Labute approximate surface area is 123 Å². The first-order valence-corrected chi connectivity index (χ1v) is 7.00. The zero-order valence-electron chi connectivity index (χ0n) is 12.2. The SMILES string of the molecule is CCn1nc(C)cc1CC(Cc1cccc(F)c1)C(=O)O. The predicted octanol–water partition coefficient (Wildman–Crippen LogP) is 2.84. The van der Waals surface area contributed by atoms with Gasteiger partial charge in [-0.1, -0.05) is 12.1 Å². The highest BCUT2D eigenvalue weighted by atomic mass is 19.1. The number of carboxylic acid groups (broad SMARTS) is 1. The van der Waals surface area contributed by atoms with E-state index in [0.717, 1.165) is 11.4 Å². The first-order valence-electron chi connectivity index (χ1n) is 7.00. The molecular formula is C16H19FN2O2. The Morgan fingerprint density at radius 2 is 2.14 bits per heavy atom. The number of carboxylic acids is 1. The van der Waals surface area contributed by atoms with Gasteiger partial charge >= 0.3 is 5.97 Å². The first-order chi connectivity index (χ1) is 9.99. The molecule has 0 fully saturated rings. The average Bonchev–Trinajstić information content (AvgIpc) is 2.78. The van der Waals surface area contributed by atoms with E-state index in [0.29, 0.717) is 24.9 Å². The molecule has 0 aliphatic heterocycles. The maximum absolute atomic E-state index is 13.2. The molecule has 1 unspecified atom stereocenters. The third-order valence-electron chi connectivity index (χ3n) is 3.46. The zero-order valence-corrected chi connectivity index (χ0v) is 12.2. The van der Waals surface area contributed by atoms with E-state index in [1.165, 1.54) is 12.1 Å². The highest BCUT2D eigenvalue weighted by molar-refractivity contribution is 5.70. The van der Waals surface area contributed by atoms with Crippen LogP contribution in [0.5, 0.6) is 0 Å². The second kappa shape index (κ2) is 6.52. The van der Waals surface area contributed by atoms with Crippen LogP contribution in [0.2, 0.25) is 0 Å². The van der Waals surface area contributed by atoms with Gasteiger partial charge in [-0.05, 0) is 44.0 Å². The highest BCUT2D eigenvalue weighted by Crippen LogP contribution is 2.17. The summed E-state index contributed by atoms with van der Waals surface area (Å²) in [5, 5.41) is 13.7. The molecule has 0 saturated carbocycles. The molecule has 1 aromatic heterocycles. The molecule has 1 atom stereocenters. The standard InChI is InChI=1S/C16H19FN2O2/c1-3-19-15(7-11(2)18-19)10-13(16(20)21)8-12-5-4-6-14(17)9-12/h4-7,9,13H,3,8,10H2,1-2H3,(H,20,21). The van der Waals surface area contributed by atoms with E-state index < -0.39 is 11.9 Å². The summed E-state index contributed by atoms with van der Waals surface area (Å²) < 4.78 is 15.0. The lowest BCUT2D eigenvalue weighted by Gasteiger charge is -2.13. The summed E-state index contributed by atoms with van der Waals surface area (Å²) in [7, 11) is 0. The minimum atomic E-state index is -0.874. The summed E-state index contributed by atoms with van der Waals surface area (Å²) >= 11 is 0. The van der Waals surface area contributed by atoms with Gasteiger partial charge in [-0.2, -0.15) is 5.10 Å². The quantitative estimate of drug-likeness (QED) is 0.890. The zero-order chi connectivity index (χ0) is 15.4. The maximum atomic E-state index is 13.2. The van der Waals surface area contributed by atoms with E-state index in [2.05, 4.69) is 5.10 Å². The molecule has 21 heavy (non-hydrogen) atoms. The first kappa shape index (κ1) is 15.2. The number of aliphatic carboxylic acids is 1. The van der Waals surface area contributed by atoms with Crippen molar-refractivity contribution in [1.29, 1.82) is 0 Å². The van der Waals surface area contributed by atoms with Crippen LogP contribution in [0, 0.1) is 18.7 Å². The van der Waals surface area contributed by atoms with Gasteiger partial charge in [-0.3, -0.25) is 9.48 Å². The molecule has 4 nitrogen and oxygen atoms in total. The van der Waals surface area contributed by atoms with Gasteiger partial charge < -0.3 is 5.11 Å². The van der Waals surface area contributed by atoms with Crippen molar-refractivity contribution in [3.8, 4) is 0 Å². The van der Waals surface area contributed by atoms with Gasteiger partial charge in [0, 0.05) is 18.7 Å². The number of aromatic nitrogens is 2. The molecule has 0 amide bonds. The van der Waals surface area contributed by atoms with Gasteiger partial charge in [0.05, 0.1) is 11.6 Å². The van der Waals surface area contributed by atoms with Crippen molar-refractivity contribution in [3.05, 3.63) is 53.1 Å². The Kier molecular flexibility index (Phi) is 4.73. The maximum Gasteiger partial charge on any atom is 0.307 e. The number of nitrogens with zero attached hydrogens (tertiary/aromatic N) is 2. The number of halogens is 1. The summed E-state index contributed by atoms with van der Waals surface area (Å²) in [5.74, 6) is -1.81. The molecule has 0 aliphatic rings. The van der Waals surface area contributed by atoms with Crippen molar-refractivity contribution in [1.82, 2.24) is 9.78 Å². The van der Waals surface area contributed by atoms with Gasteiger partial charge in [0.1, 0.15) is 5.82 Å². The fraction of sp³-hybridized carbons (Fsp3) is 0.375. The number of hydrogen-bond acceptors (Lipinski definition) is 2. The fourth-order valence-corrected chi connectivity index (χ4v) is 2.48. The number of benzene rings is 1. The Morgan fingerprint density at radius 1 is 1.38 bits per heavy atom. The minimum Gasteiger partial charge on any atom is -0.481 e. The normalized spacial score (nSPS) is 12.3. The highest BCUT2D eigenvalue weighted by Gasteiger charge is 2.21. The van der Waals surface area contributed by atoms with Crippen LogP contribution in [-0.4, -0.2) is 20.9 Å². The number of hydrogen-bond donors (Lipinski definition) is 1. The Bertz CT molecular complexity index is 637. The summed E-state index contributed by atoms with van der Waals surface area (Å²) in [6.07, 6.45) is 0.696. The van der Waals surface area contributed by atoms with Crippen LogP contribution < -0.4 is 0 Å². The van der Waals surface area contributed by atoms with Crippen LogP contribution in [0.15, 0.2) is 30.3 Å². The monoisotopic (exact) mass is 290 g/mol. The molecule has 0 aliphatic carbocycles. The third-order valence-corrected chi connectivity index (χ3v) is 3.46. The van der Waals surface area contributed by atoms with Crippen LogP contribution in [-0.2, 0) is 24.2 Å². The lowest BCUT2D eigenvalue weighted by Crippen LogP contribution is -2.21. The largest absolute Gasteiger partial charge is 0.481 e. The molecule has 112 valence electrons. The van der Waals surface area contributed by atoms with Gasteiger partial charge in [0.2, 0.25) is 0 Å². The van der Waals surface area contributed by atoms with Crippen LogP contribution in [0.25, 0.3) is 0 Å². The van der Waals surface area contributed by atoms with E-state index in [1.807, 2.05) is 24.6 Å². The molecule has 1 aromatic carbocycles. The van der Waals surface area contributed by atoms with Crippen molar-refractivity contribution < 1.29 is 14.3 Å². The number of aryl methyl sites for hydroxylation is 2. The number of carbonyl (C=O) groups is 1. The minimum absolute atomic E-state index is 0.307. The molecule has 2 rings (SSSR count).